The van der Waals surface area contributed by atoms with Crippen molar-refractivity contribution in [1.29, 1.82) is 0 Å². The number of hydrogen-bond acceptors (Lipinski definition) is 3. The lowest BCUT2D eigenvalue weighted by Crippen LogP contribution is -2.43. The second kappa shape index (κ2) is 6.17. The maximum absolute atomic E-state index is 12.3. The quantitative estimate of drug-likeness (QED) is 0.823. The van der Waals surface area contributed by atoms with Gasteiger partial charge in [-0.05, 0) is 29.2 Å². The summed E-state index contributed by atoms with van der Waals surface area (Å²) in [5.41, 5.74) is 0.823. The Bertz CT molecular complexity index is 701. The molecule has 3 rings (SSSR count). The van der Waals surface area contributed by atoms with Gasteiger partial charge < -0.3 is 4.90 Å². The average Bonchev–Trinajstić information content (AvgIpc) is 3.30. The molecule has 0 aliphatic heterocycles. The van der Waals surface area contributed by atoms with Crippen LogP contribution in [-0.4, -0.2) is 22.1 Å². The molecular weight excluding hydrogens is 282 g/mol. The van der Waals surface area contributed by atoms with Gasteiger partial charge in [0, 0.05) is 24.6 Å². The highest BCUT2D eigenvalue weighted by atomic mass is 16.5. The number of para-hydroxylation sites is 1. The van der Waals surface area contributed by atoms with Gasteiger partial charge in [0.15, 0.2) is 0 Å². The molecule has 1 fully saturated rings. The van der Waals surface area contributed by atoms with Crippen molar-refractivity contribution in [3.8, 4) is 5.69 Å². The number of carbonyl (C=O) groups is 1. The first kappa shape index (κ1) is 14.6. The summed E-state index contributed by atoms with van der Waals surface area (Å²) < 4.78 is 6.54. The smallest absolute Gasteiger partial charge is 0.329 e. The maximum Gasteiger partial charge on any atom is 0.432 e. The molecule has 0 bridgehead atoms. The predicted octanol–water partition coefficient (Wildman–Crippen LogP) is 1.54. The van der Waals surface area contributed by atoms with E-state index >= 15 is 0 Å². The molecule has 1 aromatic carbocycles. The first-order chi connectivity index (χ1) is 10.7. The topological polar surface area (TPSA) is 70.2 Å². The van der Waals surface area contributed by atoms with Crippen molar-refractivity contribution in [2.24, 2.45) is 0 Å². The number of rotatable bonds is 6. The summed E-state index contributed by atoms with van der Waals surface area (Å²) in [5, 5.41) is 2.62. The molecule has 0 spiro atoms. The molecule has 6 heteroatoms. The van der Waals surface area contributed by atoms with Crippen LogP contribution in [0.5, 0.6) is 0 Å². The number of H-pyrrole nitrogens is 1. The molecule has 1 amide bonds. The van der Waals surface area contributed by atoms with Gasteiger partial charge in [-0.1, -0.05) is 25.1 Å². The summed E-state index contributed by atoms with van der Waals surface area (Å²) >= 11 is 0. The molecule has 0 unspecified atom stereocenters. The van der Waals surface area contributed by atoms with Crippen LogP contribution in [0.2, 0.25) is 0 Å². The minimum absolute atomic E-state index is 0.102. The lowest BCUT2D eigenvalue weighted by molar-refractivity contribution is -0.678. The van der Waals surface area contributed by atoms with E-state index in [1.54, 1.807) is 4.68 Å². The molecule has 1 aliphatic carbocycles. The van der Waals surface area contributed by atoms with Crippen molar-refractivity contribution in [2.45, 2.75) is 45.2 Å². The van der Waals surface area contributed by atoms with Gasteiger partial charge in [-0.3, -0.25) is 9.32 Å². The zero-order chi connectivity index (χ0) is 15.5. The van der Waals surface area contributed by atoms with E-state index in [4.69, 9.17) is 4.52 Å². The van der Waals surface area contributed by atoms with E-state index in [0.29, 0.717) is 12.1 Å². The average molecular weight is 302 g/mol. The van der Waals surface area contributed by atoms with Gasteiger partial charge in [0.2, 0.25) is 11.6 Å². The molecule has 1 heterocycles. The highest BCUT2D eigenvalue weighted by Crippen LogP contribution is 2.28. The van der Waals surface area contributed by atoms with E-state index in [1.165, 1.54) is 0 Å². The predicted molar refractivity (Wildman–Crippen MR) is 79.3 cm³/mol. The van der Waals surface area contributed by atoms with Crippen molar-refractivity contribution < 1.29 is 14.0 Å². The molecule has 116 valence electrons. The molecule has 0 saturated heterocycles. The van der Waals surface area contributed by atoms with Gasteiger partial charge >= 0.3 is 11.3 Å². The van der Waals surface area contributed by atoms with Crippen LogP contribution in [-0.2, 0) is 11.3 Å². The van der Waals surface area contributed by atoms with Gasteiger partial charge in [0.05, 0.1) is 0 Å². The number of nitrogens with one attached hydrogen (secondary N) is 1. The fraction of sp³-hybridized carbons (Fsp3) is 0.438. The van der Waals surface area contributed by atoms with E-state index in [9.17, 15) is 9.59 Å². The number of hydrogen-bond donors (Lipinski definition) is 1. The minimum Gasteiger partial charge on any atom is -0.329 e. The Balaban J connectivity index is 1.90. The third-order valence-electron chi connectivity index (χ3n) is 3.84. The molecule has 1 saturated carbocycles. The van der Waals surface area contributed by atoms with Crippen LogP contribution in [0, 0.1) is 0 Å². The highest BCUT2D eigenvalue weighted by Gasteiger charge is 2.36. The Morgan fingerprint density at radius 2 is 2.09 bits per heavy atom. The molecule has 0 radical (unpaired) electrons. The Morgan fingerprint density at radius 3 is 2.73 bits per heavy atom. The van der Waals surface area contributed by atoms with Crippen molar-refractivity contribution in [3.63, 3.8) is 0 Å². The lowest BCUT2D eigenvalue weighted by Gasteiger charge is -2.19. The Labute approximate surface area is 128 Å². The minimum atomic E-state index is -0.432. The number of aromatic amines is 1. The van der Waals surface area contributed by atoms with E-state index < -0.39 is 5.63 Å². The fourth-order valence-corrected chi connectivity index (χ4v) is 2.54. The fourth-order valence-electron chi connectivity index (χ4n) is 2.54. The van der Waals surface area contributed by atoms with Crippen LogP contribution in [0.4, 0.5) is 0 Å². The molecular formula is C16H20N3O3+. The number of carbonyl (C=O) groups excluding carboxylic acids is 1. The molecule has 1 N–H and O–H groups in total. The lowest BCUT2D eigenvalue weighted by atomic mass is 10.2. The molecule has 6 nitrogen and oxygen atoms in total. The summed E-state index contributed by atoms with van der Waals surface area (Å²) in [6.45, 7) is 2.27. The third-order valence-corrected chi connectivity index (χ3v) is 3.84. The second-order valence-corrected chi connectivity index (χ2v) is 5.60. The number of aromatic nitrogens is 2. The van der Waals surface area contributed by atoms with Gasteiger partial charge in [0.25, 0.3) is 0 Å². The van der Waals surface area contributed by atoms with Gasteiger partial charge in [-0.25, -0.2) is 4.79 Å². The van der Waals surface area contributed by atoms with Gasteiger partial charge in [0.1, 0.15) is 6.54 Å². The normalized spacial score (nSPS) is 14.0. The largest absolute Gasteiger partial charge is 0.432 e. The molecule has 1 aliphatic rings. The van der Waals surface area contributed by atoms with E-state index in [1.807, 2.05) is 42.2 Å². The van der Waals surface area contributed by atoms with E-state index in [0.717, 1.165) is 24.9 Å². The van der Waals surface area contributed by atoms with Crippen LogP contribution in [0.15, 0.2) is 39.6 Å². The van der Waals surface area contributed by atoms with Crippen LogP contribution in [0.1, 0.15) is 38.3 Å². The van der Waals surface area contributed by atoms with Crippen LogP contribution in [0.25, 0.3) is 5.69 Å². The molecule has 2 aromatic rings. The number of amides is 1. The van der Waals surface area contributed by atoms with Crippen LogP contribution >= 0.6 is 0 Å². The zero-order valence-electron chi connectivity index (χ0n) is 12.6. The first-order valence-electron chi connectivity index (χ1n) is 7.68. The zero-order valence-corrected chi connectivity index (χ0v) is 12.6. The van der Waals surface area contributed by atoms with E-state index in [2.05, 4.69) is 5.27 Å². The Kier molecular flexibility index (Phi) is 4.09. The number of benzene rings is 1. The van der Waals surface area contributed by atoms with Crippen molar-refractivity contribution in [1.82, 2.24) is 10.2 Å². The number of nitrogens with zero attached hydrogens (tertiary/aromatic N) is 2. The summed E-state index contributed by atoms with van der Waals surface area (Å²) in [6.07, 6.45) is 3.34. The summed E-state index contributed by atoms with van der Waals surface area (Å²) in [4.78, 5) is 26.1. The monoisotopic (exact) mass is 302 g/mol. The Morgan fingerprint density at radius 1 is 1.36 bits per heavy atom. The van der Waals surface area contributed by atoms with Gasteiger partial charge in [-0.2, -0.15) is 0 Å². The summed E-state index contributed by atoms with van der Waals surface area (Å²) in [5.74, 6) is 0.102. The van der Waals surface area contributed by atoms with Crippen molar-refractivity contribution >= 4 is 5.91 Å². The maximum atomic E-state index is 12.3. The highest BCUT2D eigenvalue weighted by molar-refractivity contribution is 5.76. The summed E-state index contributed by atoms with van der Waals surface area (Å²) in [6, 6.07) is 9.70. The SMILES string of the molecule is CCCC(=O)N(Cc1c(=O)o[nH][n+]1-c1ccccc1)C1CC1. The van der Waals surface area contributed by atoms with Crippen LogP contribution < -0.4 is 10.3 Å². The third kappa shape index (κ3) is 2.95. The molecule has 1 aromatic heterocycles. The van der Waals surface area contributed by atoms with Crippen molar-refractivity contribution in [2.75, 3.05) is 0 Å². The second-order valence-electron chi connectivity index (χ2n) is 5.60. The van der Waals surface area contributed by atoms with Gasteiger partial charge in [-0.15, -0.1) is 0 Å². The standard InChI is InChI=1S/C16H19N3O3/c1-2-6-15(20)18(12-9-10-12)11-14-16(21)22-17-19(14)13-7-4-3-5-8-13/h3-5,7-8,12H,2,6,9-11H2,1H3/p+1. The molecule has 0 atom stereocenters. The Hall–Kier alpha value is -2.37. The summed E-state index contributed by atoms with van der Waals surface area (Å²) in [7, 11) is 0. The van der Waals surface area contributed by atoms with Crippen LogP contribution in [0.3, 0.4) is 0 Å². The first-order valence-corrected chi connectivity index (χ1v) is 7.68. The molecule has 22 heavy (non-hydrogen) atoms. The van der Waals surface area contributed by atoms with E-state index in [-0.39, 0.29) is 18.5 Å². The van der Waals surface area contributed by atoms with Crippen molar-refractivity contribution in [3.05, 3.63) is 46.4 Å².